The van der Waals surface area contributed by atoms with Crippen molar-refractivity contribution in [2.45, 2.75) is 52.6 Å². The third kappa shape index (κ3) is 4.91. The third-order valence-electron chi connectivity index (χ3n) is 7.35. The predicted octanol–water partition coefficient (Wildman–Crippen LogP) is 4.72. The molecule has 2 atom stereocenters. The van der Waals surface area contributed by atoms with Crippen molar-refractivity contribution >= 4 is 34.8 Å². The molecular formula is C27H36ClN3O2S. The van der Waals surface area contributed by atoms with Crippen molar-refractivity contribution in [2.24, 2.45) is 5.41 Å². The molecule has 1 fully saturated rings. The maximum atomic E-state index is 13.8. The van der Waals surface area contributed by atoms with E-state index in [4.69, 9.17) is 11.6 Å². The summed E-state index contributed by atoms with van der Waals surface area (Å²) < 4.78 is 0. The van der Waals surface area contributed by atoms with Crippen LogP contribution in [0.15, 0.2) is 35.7 Å². The van der Waals surface area contributed by atoms with Crippen LogP contribution < -0.4 is 0 Å². The van der Waals surface area contributed by atoms with E-state index in [1.807, 2.05) is 35.0 Å². The van der Waals surface area contributed by atoms with Gasteiger partial charge in [-0.2, -0.15) is 0 Å². The number of nitrogens with zero attached hydrogens (tertiary/aromatic N) is 3. The molecule has 7 heteroatoms. The lowest BCUT2D eigenvalue weighted by atomic mass is 9.89. The van der Waals surface area contributed by atoms with Gasteiger partial charge in [-0.25, -0.2) is 0 Å². The normalized spacial score (nSPS) is 20.6. The van der Waals surface area contributed by atoms with Crippen LogP contribution in [-0.4, -0.2) is 71.2 Å². The van der Waals surface area contributed by atoms with E-state index in [0.29, 0.717) is 32.1 Å². The van der Waals surface area contributed by atoms with Gasteiger partial charge in [0.15, 0.2) is 0 Å². The van der Waals surface area contributed by atoms with Gasteiger partial charge in [0.2, 0.25) is 11.8 Å². The number of alkyl halides is 1. The maximum absolute atomic E-state index is 13.8. The van der Waals surface area contributed by atoms with E-state index < -0.39 is 5.41 Å². The van der Waals surface area contributed by atoms with Gasteiger partial charge in [0.1, 0.15) is 0 Å². The van der Waals surface area contributed by atoms with Gasteiger partial charge in [-0.3, -0.25) is 14.5 Å². The monoisotopic (exact) mass is 501 g/mol. The molecule has 1 saturated heterocycles. The van der Waals surface area contributed by atoms with E-state index in [9.17, 15) is 9.59 Å². The van der Waals surface area contributed by atoms with Crippen molar-refractivity contribution in [2.75, 3.05) is 38.6 Å². The van der Waals surface area contributed by atoms with E-state index in [-0.39, 0.29) is 23.9 Å². The highest BCUT2D eigenvalue weighted by molar-refractivity contribution is 7.10. The fraction of sp³-hybridized carbons (Fsp3) is 0.556. The molecule has 34 heavy (non-hydrogen) atoms. The van der Waals surface area contributed by atoms with Crippen molar-refractivity contribution in [3.63, 3.8) is 0 Å². The molecule has 1 aromatic carbocycles. The first-order chi connectivity index (χ1) is 16.2. The zero-order valence-electron chi connectivity index (χ0n) is 20.7. The highest BCUT2D eigenvalue weighted by atomic mass is 35.5. The number of fused-ring (bicyclic) bond motifs is 1. The van der Waals surface area contributed by atoms with Crippen LogP contribution in [0.25, 0.3) is 0 Å². The molecule has 0 N–H and O–H groups in total. The second-order valence-corrected chi connectivity index (χ2v) is 11.5. The van der Waals surface area contributed by atoms with E-state index >= 15 is 0 Å². The molecule has 3 heterocycles. The molecule has 2 aliphatic rings. The van der Waals surface area contributed by atoms with Gasteiger partial charge in [-0.05, 0) is 68.7 Å². The van der Waals surface area contributed by atoms with Crippen LogP contribution in [0.5, 0.6) is 0 Å². The summed E-state index contributed by atoms with van der Waals surface area (Å²) in [4.78, 5) is 34.3. The van der Waals surface area contributed by atoms with Gasteiger partial charge in [0.05, 0.1) is 17.5 Å². The molecular weight excluding hydrogens is 466 g/mol. The number of rotatable bonds is 5. The average Bonchev–Trinajstić information content (AvgIpc) is 3.19. The molecule has 2 aromatic rings. The summed E-state index contributed by atoms with van der Waals surface area (Å²) in [6.07, 6.45) is 1.77. The Morgan fingerprint density at radius 2 is 1.76 bits per heavy atom. The zero-order chi connectivity index (χ0) is 24.5. The van der Waals surface area contributed by atoms with Gasteiger partial charge >= 0.3 is 0 Å². The first-order valence-corrected chi connectivity index (χ1v) is 13.7. The highest BCUT2D eigenvalue weighted by Crippen LogP contribution is 2.40. The number of hydrogen-bond acceptors (Lipinski definition) is 4. The van der Waals surface area contributed by atoms with Crippen LogP contribution in [-0.2, 0) is 16.0 Å². The summed E-state index contributed by atoms with van der Waals surface area (Å²) >= 11 is 7.86. The van der Waals surface area contributed by atoms with Gasteiger partial charge in [0, 0.05) is 43.5 Å². The Morgan fingerprint density at radius 3 is 2.50 bits per heavy atom. The number of thiophene rings is 1. The van der Waals surface area contributed by atoms with E-state index in [1.165, 1.54) is 21.6 Å². The molecule has 5 nitrogen and oxygen atoms in total. The number of halogens is 1. The number of aryl methyl sites for hydroxylation is 1. The molecule has 0 spiro atoms. The van der Waals surface area contributed by atoms with Crippen molar-refractivity contribution in [1.29, 1.82) is 0 Å². The van der Waals surface area contributed by atoms with Gasteiger partial charge in [-0.1, -0.05) is 24.3 Å². The topological polar surface area (TPSA) is 43.9 Å². The minimum Gasteiger partial charge on any atom is -0.340 e. The first kappa shape index (κ1) is 25.2. The van der Waals surface area contributed by atoms with Gasteiger partial charge in [0.25, 0.3) is 0 Å². The average molecular weight is 502 g/mol. The summed E-state index contributed by atoms with van der Waals surface area (Å²) in [6, 6.07) is 10.6. The van der Waals surface area contributed by atoms with E-state index in [0.717, 1.165) is 19.4 Å². The fourth-order valence-corrected chi connectivity index (χ4v) is 6.24. The number of carbonyl (C=O) groups excluding carboxylic acids is 2. The lowest BCUT2D eigenvalue weighted by molar-refractivity contribution is -0.140. The number of benzene rings is 1. The van der Waals surface area contributed by atoms with Gasteiger partial charge < -0.3 is 9.80 Å². The van der Waals surface area contributed by atoms with Crippen LogP contribution in [0.2, 0.25) is 0 Å². The molecule has 184 valence electrons. The molecule has 0 saturated carbocycles. The second kappa shape index (κ2) is 10.4. The van der Waals surface area contributed by atoms with Crippen LogP contribution in [0, 0.1) is 12.3 Å². The third-order valence-corrected chi connectivity index (χ3v) is 9.01. The zero-order valence-corrected chi connectivity index (χ0v) is 22.3. The summed E-state index contributed by atoms with van der Waals surface area (Å²) in [5, 5.41) is 2.18. The Balaban J connectivity index is 1.53. The Bertz CT molecular complexity index is 1040. The van der Waals surface area contributed by atoms with E-state index in [1.54, 1.807) is 0 Å². The van der Waals surface area contributed by atoms with Crippen molar-refractivity contribution < 1.29 is 9.59 Å². The first-order valence-electron chi connectivity index (χ1n) is 12.3. The highest BCUT2D eigenvalue weighted by Gasteiger charge is 2.38. The Kier molecular flexibility index (Phi) is 7.70. The van der Waals surface area contributed by atoms with Crippen molar-refractivity contribution in [3.05, 3.63) is 57.3 Å². The van der Waals surface area contributed by atoms with Crippen molar-refractivity contribution in [1.82, 2.24) is 14.7 Å². The summed E-state index contributed by atoms with van der Waals surface area (Å²) in [5.74, 6) is 0.524. The fourth-order valence-electron chi connectivity index (χ4n) is 5.22. The largest absolute Gasteiger partial charge is 0.340 e. The second-order valence-electron chi connectivity index (χ2n) is 10.2. The SMILES string of the molecule is Cc1ccccc1C1c2ccsc2CCN1C(C)C(=O)N1CCCN(C(=O)C(C)(C)CCl)CC1. The smallest absolute Gasteiger partial charge is 0.239 e. The van der Waals surface area contributed by atoms with E-state index in [2.05, 4.69) is 54.5 Å². The minimum absolute atomic E-state index is 0.0745. The summed E-state index contributed by atoms with van der Waals surface area (Å²) in [5.41, 5.74) is 3.28. The van der Waals surface area contributed by atoms with Crippen molar-refractivity contribution in [3.8, 4) is 0 Å². The standard InChI is InChI=1S/C27H36ClN3O2S/c1-19-8-5-6-9-21(19)24-22-11-17-34-23(22)10-14-31(24)20(2)25(32)29-12-7-13-30(16-15-29)26(33)27(3,4)18-28/h5-6,8-9,11,17,20,24H,7,10,12-16,18H2,1-4H3. The van der Waals surface area contributed by atoms with Crippen LogP contribution in [0.1, 0.15) is 54.8 Å². The van der Waals surface area contributed by atoms with Crippen LogP contribution >= 0.6 is 22.9 Å². The molecule has 0 bridgehead atoms. The Labute approximate surface area is 212 Å². The lowest BCUT2D eigenvalue weighted by Gasteiger charge is -2.41. The van der Waals surface area contributed by atoms with Crippen LogP contribution in [0.4, 0.5) is 0 Å². The predicted molar refractivity (Wildman–Crippen MR) is 139 cm³/mol. The molecule has 0 aliphatic carbocycles. The number of hydrogen-bond donors (Lipinski definition) is 0. The molecule has 4 rings (SSSR count). The molecule has 2 aliphatic heterocycles. The van der Waals surface area contributed by atoms with Gasteiger partial charge in [-0.15, -0.1) is 22.9 Å². The number of carbonyl (C=O) groups is 2. The molecule has 2 unspecified atom stereocenters. The summed E-state index contributed by atoms with van der Waals surface area (Å²) in [7, 11) is 0. The van der Waals surface area contributed by atoms with Crippen LogP contribution in [0.3, 0.4) is 0 Å². The molecule has 0 radical (unpaired) electrons. The Hall–Kier alpha value is -1.89. The molecule has 2 amide bonds. The minimum atomic E-state index is -0.583. The lowest BCUT2D eigenvalue weighted by Crippen LogP contribution is -2.51. The summed E-state index contributed by atoms with van der Waals surface area (Å²) in [6.45, 7) is 11.3. The Morgan fingerprint density at radius 1 is 1.06 bits per heavy atom. The molecule has 1 aromatic heterocycles. The maximum Gasteiger partial charge on any atom is 0.239 e. The number of amides is 2. The quantitative estimate of drug-likeness (QED) is 0.557.